The van der Waals surface area contributed by atoms with Crippen molar-refractivity contribution >= 4 is 11.9 Å². The van der Waals surface area contributed by atoms with Gasteiger partial charge in [-0.05, 0) is 39.3 Å². The first kappa shape index (κ1) is 26.9. The lowest BCUT2D eigenvalue weighted by molar-refractivity contribution is -0.142. The van der Waals surface area contributed by atoms with Crippen LogP contribution in [-0.2, 0) is 4.74 Å². The van der Waals surface area contributed by atoms with Crippen molar-refractivity contribution < 1.29 is 22.3 Å². The molecule has 0 fully saturated rings. The highest BCUT2D eigenvalue weighted by atomic mass is 19.4. The van der Waals surface area contributed by atoms with Crippen LogP contribution in [0.15, 0.2) is 45.9 Å². The lowest BCUT2D eigenvalue weighted by Crippen LogP contribution is -2.32. The Kier molecular flexibility index (Phi) is 12.9. The quantitative estimate of drug-likeness (QED) is 0.139. The van der Waals surface area contributed by atoms with Crippen LogP contribution < -0.4 is 0 Å². The van der Waals surface area contributed by atoms with Gasteiger partial charge in [-0.2, -0.15) is 18.2 Å². The molecule has 0 aliphatic carbocycles. The zero-order chi connectivity index (χ0) is 22.4. The summed E-state index contributed by atoms with van der Waals surface area (Å²) in [5.41, 5.74) is 0. The number of halogens is 4. The van der Waals surface area contributed by atoms with Gasteiger partial charge in [-0.25, -0.2) is 9.38 Å². The summed E-state index contributed by atoms with van der Waals surface area (Å²) in [4.78, 5) is 9.46. The van der Waals surface area contributed by atoms with Crippen LogP contribution in [-0.4, -0.2) is 42.6 Å². The molecule has 8 heteroatoms. The van der Waals surface area contributed by atoms with E-state index in [-0.39, 0.29) is 30.5 Å². The molecule has 0 bridgehead atoms. The molecule has 0 saturated heterocycles. The molecule has 0 heterocycles. The molecule has 29 heavy (non-hydrogen) atoms. The summed E-state index contributed by atoms with van der Waals surface area (Å²) in [7, 11) is 1.64. The van der Waals surface area contributed by atoms with Crippen molar-refractivity contribution in [2.24, 2.45) is 9.98 Å². The molecule has 166 valence electrons. The molecule has 0 amide bonds. The van der Waals surface area contributed by atoms with Crippen LogP contribution >= 0.6 is 0 Å². The number of rotatable bonds is 9. The fraction of sp³-hybridized carbons (Fsp3) is 0.619. The Balaban J connectivity index is 5.41. The Hall–Kier alpha value is -2.12. The maximum atomic E-state index is 13.7. The highest BCUT2D eigenvalue weighted by Gasteiger charge is 2.36. The number of ether oxygens (including phenoxy) is 1. The third-order valence-electron chi connectivity index (χ3n) is 3.90. The zero-order valence-electron chi connectivity index (χ0n) is 18.2. The van der Waals surface area contributed by atoms with Crippen molar-refractivity contribution in [2.45, 2.75) is 72.5 Å². The Bertz CT molecular complexity index is 634. The molecular weight excluding hydrogens is 386 g/mol. The highest BCUT2D eigenvalue weighted by molar-refractivity contribution is 5.92. The van der Waals surface area contributed by atoms with E-state index < -0.39 is 12.2 Å². The van der Waals surface area contributed by atoms with E-state index in [9.17, 15) is 17.6 Å². The van der Waals surface area contributed by atoms with Crippen LogP contribution in [0.1, 0.15) is 60.3 Å². The molecule has 0 aromatic rings. The van der Waals surface area contributed by atoms with Crippen LogP contribution in [0.4, 0.5) is 17.6 Å². The van der Waals surface area contributed by atoms with Gasteiger partial charge in [-0.3, -0.25) is 0 Å². The fourth-order valence-electron chi connectivity index (χ4n) is 2.05. The van der Waals surface area contributed by atoms with Crippen LogP contribution in [0, 0.1) is 0 Å². The Morgan fingerprint density at radius 1 is 1.21 bits per heavy atom. The molecule has 0 rings (SSSR count). The van der Waals surface area contributed by atoms with Gasteiger partial charge in [0.2, 0.25) is 5.96 Å². The predicted molar refractivity (Wildman–Crippen MR) is 112 cm³/mol. The molecule has 0 saturated carbocycles. The number of aliphatic imine (C=N–C) groups is 2. The minimum atomic E-state index is -4.45. The molecule has 0 aromatic carbocycles. The first-order valence-corrected chi connectivity index (χ1v) is 9.74. The van der Waals surface area contributed by atoms with Crippen LogP contribution in [0.25, 0.3) is 0 Å². The minimum absolute atomic E-state index is 0.0500. The fourth-order valence-corrected chi connectivity index (χ4v) is 2.05. The van der Waals surface area contributed by atoms with Gasteiger partial charge < -0.3 is 9.64 Å². The summed E-state index contributed by atoms with van der Waals surface area (Å²) in [6.45, 7) is 8.56. The number of hydrogen-bond donors (Lipinski definition) is 0. The topological polar surface area (TPSA) is 37.2 Å². The Morgan fingerprint density at radius 2 is 1.86 bits per heavy atom. The summed E-state index contributed by atoms with van der Waals surface area (Å²) in [6, 6.07) is -1.89. The lowest BCUT2D eigenvalue weighted by Gasteiger charge is -2.21. The molecule has 0 radical (unpaired) electrons. The molecule has 4 nitrogen and oxygen atoms in total. The third-order valence-corrected chi connectivity index (χ3v) is 3.90. The van der Waals surface area contributed by atoms with Crippen molar-refractivity contribution in [1.82, 2.24) is 4.90 Å². The SMILES string of the molecule is CC=CC/C(F)=C\C/C(=C\C)OC(C)=NC(=NC(C)C(F)(F)F)N(C)CCCC. The van der Waals surface area contributed by atoms with Gasteiger partial charge in [0.05, 0.1) is 0 Å². The Labute approximate surface area is 171 Å². The normalized spacial score (nSPS) is 15.8. The molecule has 0 spiro atoms. The van der Waals surface area contributed by atoms with E-state index in [1.807, 2.05) is 13.8 Å². The van der Waals surface area contributed by atoms with E-state index in [1.165, 1.54) is 13.0 Å². The molecule has 1 atom stereocenters. The molecule has 0 N–H and O–H groups in total. The van der Waals surface area contributed by atoms with Crippen molar-refractivity contribution in [3.8, 4) is 0 Å². The van der Waals surface area contributed by atoms with E-state index in [1.54, 1.807) is 37.1 Å². The van der Waals surface area contributed by atoms with Crippen LogP contribution in [0.2, 0.25) is 0 Å². The summed E-state index contributed by atoms with van der Waals surface area (Å²) >= 11 is 0. The molecule has 0 aromatic heterocycles. The van der Waals surface area contributed by atoms with Gasteiger partial charge >= 0.3 is 6.18 Å². The van der Waals surface area contributed by atoms with Gasteiger partial charge in [-0.15, -0.1) is 0 Å². The minimum Gasteiger partial charge on any atom is -0.448 e. The molecular formula is C21H33F4N3O. The van der Waals surface area contributed by atoms with Crippen LogP contribution in [0.5, 0.6) is 0 Å². The predicted octanol–water partition coefficient (Wildman–Crippen LogP) is 6.57. The summed E-state index contributed by atoms with van der Waals surface area (Å²) in [5, 5.41) is 0. The average Bonchev–Trinajstić information content (AvgIpc) is 2.65. The second-order valence-corrected chi connectivity index (χ2v) is 6.54. The van der Waals surface area contributed by atoms with Gasteiger partial charge in [-0.1, -0.05) is 25.5 Å². The number of guanidine groups is 1. The number of nitrogens with zero attached hydrogens (tertiary/aromatic N) is 3. The van der Waals surface area contributed by atoms with E-state index >= 15 is 0 Å². The van der Waals surface area contributed by atoms with E-state index in [4.69, 9.17) is 4.74 Å². The molecule has 0 aliphatic heterocycles. The summed E-state index contributed by atoms with van der Waals surface area (Å²) < 4.78 is 58.1. The van der Waals surface area contributed by atoms with Crippen molar-refractivity contribution in [3.63, 3.8) is 0 Å². The highest BCUT2D eigenvalue weighted by Crippen LogP contribution is 2.23. The van der Waals surface area contributed by atoms with Gasteiger partial charge in [0.25, 0.3) is 0 Å². The first-order valence-electron chi connectivity index (χ1n) is 9.74. The van der Waals surface area contributed by atoms with E-state index in [0.717, 1.165) is 19.8 Å². The monoisotopic (exact) mass is 419 g/mol. The zero-order valence-corrected chi connectivity index (χ0v) is 18.2. The second-order valence-electron chi connectivity index (χ2n) is 6.54. The number of alkyl halides is 3. The van der Waals surface area contributed by atoms with Crippen molar-refractivity contribution in [1.29, 1.82) is 0 Å². The second kappa shape index (κ2) is 14.0. The number of allylic oxidation sites excluding steroid dienone is 5. The largest absolute Gasteiger partial charge is 0.448 e. The van der Waals surface area contributed by atoms with Crippen molar-refractivity contribution in [3.05, 3.63) is 35.9 Å². The maximum Gasteiger partial charge on any atom is 0.410 e. The van der Waals surface area contributed by atoms with E-state index in [2.05, 4.69) is 9.98 Å². The maximum absolute atomic E-state index is 13.7. The summed E-state index contributed by atoms with van der Waals surface area (Å²) in [5.74, 6) is 0.241. The smallest absolute Gasteiger partial charge is 0.410 e. The summed E-state index contributed by atoms with van der Waals surface area (Å²) in [6.07, 6.45) is 4.16. The van der Waals surface area contributed by atoms with E-state index in [0.29, 0.717) is 12.3 Å². The number of hydrogen-bond acceptors (Lipinski definition) is 2. The lowest BCUT2D eigenvalue weighted by atomic mass is 10.2. The Morgan fingerprint density at radius 3 is 2.38 bits per heavy atom. The third kappa shape index (κ3) is 12.1. The number of unbranched alkanes of at least 4 members (excludes halogenated alkanes) is 1. The standard InChI is InChI=1S/C21H33F4N3O/c1-7-10-12-18(22)13-14-19(9-3)29-17(5)27-20(28(6)15-11-8-2)26-16(4)21(23,24)25/h7,9-10,13,16H,8,11-12,14-15H2,1-6H3/b10-7?,18-13+,19-9+,26-20?,27-17?. The van der Waals surface area contributed by atoms with Crippen molar-refractivity contribution in [2.75, 3.05) is 13.6 Å². The first-order chi connectivity index (χ1) is 13.5. The molecule has 1 unspecified atom stereocenters. The average molecular weight is 420 g/mol. The van der Waals surface area contributed by atoms with Gasteiger partial charge in [0.1, 0.15) is 17.6 Å². The van der Waals surface area contributed by atoms with Crippen LogP contribution in [0.3, 0.4) is 0 Å². The van der Waals surface area contributed by atoms with Gasteiger partial charge in [0.15, 0.2) is 5.90 Å². The molecule has 0 aliphatic rings. The van der Waals surface area contributed by atoms with Gasteiger partial charge in [0, 0.05) is 33.4 Å².